The van der Waals surface area contributed by atoms with Crippen LogP contribution in [0.25, 0.3) is 11.3 Å². The molecular formula is C60H75Cl2FN8O3. The van der Waals surface area contributed by atoms with E-state index in [1.54, 1.807) is 19.2 Å². The predicted molar refractivity (Wildman–Crippen MR) is 292 cm³/mol. The van der Waals surface area contributed by atoms with Crippen LogP contribution in [0.15, 0.2) is 97.2 Å². The topological polar surface area (TPSA) is 90.4 Å². The van der Waals surface area contributed by atoms with Gasteiger partial charge in [-0.15, -0.1) is 0 Å². The summed E-state index contributed by atoms with van der Waals surface area (Å²) in [5, 5.41) is 9.74. The highest BCUT2D eigenvalue weighted by Crippen LogP contribution is 2.63. The van der Waals surface area contributed by atoms with E-state index in [1.807, 2.05) is 54.7 Å². The summed E-state index contributed by atoms with van der Waals surface area (Å²) in [6.07, 6.45) is 8.35. The molecule has 1 saturated carbocycles. The molecule has 394 valence electrons. The van der Waals surface area contributed by atoms with E-state index in [0.717, 1.165) is 85.1 Å². The second-order valence-electron chi connectivity index (χ2n) is 22.8. The Labute approximate surface area is 448 Å². The summed E-state index contributed by atoms with van der Waals surface area (Å²) < 4.78 is 29.8. The molecule has 6 heterocycles. The number of hydrogen-bond donors (Lipinski definition) is 2. The van der Waals surface area contributed by atoms with E-state index in [2.05, 4.69) is 107 Å². The van der Waals surface area contributed by atoms with Crippen molar-refractivity contribution in [3.05, 3.63) is 136 Å². The number of likely N-dealkylation sites (tertiary alicyclic amines) is 3. The van der Waals surface area contributed by atoms with Crippen molar-refractivity contribution in [1.82, 2.24) is 39.8 Å². The third-order valence-electron chi connectivity index (χ3n) is 19.1. The van der Waals surface area contributed by atoms with Crippen LogP contribution in [-0.4, -0.2) is 137 Å². The van der Waals surface area contributed by atoms with Crippen LogP contribution in [0.4, 0.5) is 4.39 Å². The first-order valence-electron chi connectivity index (χ1n) is 27.3. The van der Waals surface area contributed by atoms with Gasteiger partial charge in [0, 0.05) is 103 Å². The molecule has 14 heteroatoms. The summed E-state index contributed by atoms with van der Waals surface area (Å²) in [5.74, 6) is 2.72. The van der Waals surface area contributed by atoms with E-state index in [0.29, 0.717) is 41.9 Å². The molecule has 0 radical (unpaired) electrons. The van der Waals surface area contributed by atoms with Crippen LogP contribution in [0, 0.1) is 22.6 Å². The Morgan fingerprint density at radius 2 is 1.54 bits per heavy atom. The molecule has 1 aliphatic carbocycles. The van der Waals surface area contributed by atoms with Crippen LogP contribution >= 0.6 is 23.2 Å². The first kappa shape index (κ1) is 51.9. The summed E-state index contributed by atoms with van der Waals surface area (Å²) >= 11 is 13.3. The highest BCUT2D eigenvalue weighted by atomic mass is 35.5. The fraction of sp³-hybridized carbons (Fsp3) is 0.533. The third kappa shape index (κ3) is 8.95. The normalized spacial score (nSPS) is 32.5. The minimum absolute atomic E-state index is 0.0946. The highest BCUT2D eigenvalue weighted by molar-refractivity contribution is 6.31. The highest BCUT2D eigenvalue weighted by Gasteiger charge is 2.77. The summed E-state index contributed by atoms with van der Waals surface area (Å²) in [4.78, 5) is 32.6. The van der Waals surface area contributed by atoms with Crippen molar-refractivity contribution in [2.75, 3.05) is 47.4 Å². The van der Waals surface area contributed by atoms with Crippen LogP contribution in [0.2, 0.25) is 10.0 Å². The Bertz CT molecular complexity index is 2790. The number of rotatable bonds is 14. The number of benzene rings is 4. The molecule has 6 aliphatic rings. The van der Waals surface area contributed by atoms with Crippen LogP contribution in [-0.2, 0) is 42.5 Å². The van der Waals surface area contributed by atoms with Crippen molar-refractivity contribution >= 4 is 29.0 Å². The van der Waals surface area contributed by atoms with Crippen molar-refractivity contribution in [2.24, 2.45) is 23.8 Å². The molecule has 11 nitrogen and oxygen atoms in total. The van der Waals surface area contributed by atoms with Gasteiger partial charge >= 0.3 is 0 Å². The molecule has 1 spiro atoms. The van der Waals surface area contributed by atoms with E-state index in [4.69, 9.17) is 37.7 Å². The summed E-state index contributed by atoms with van der Waals surface area (Å²) in [6.45, 7) is 11.8. The number of methoxy groups -OCH3 is 1. The molecule has 7 unspecified atom stereocenters. The van der Waals surface area contributed by atoms with E-state index >= 15 is 4.79 Å². The van der Waals surface area contributed by atoms with Gasteiger partial charge in [0.1, 0.15) is 23.1 Å². The number of nitrogens with one attached hydrogen (secondary N) is 2. The molecule has 5 aromatic rings. The second-order valence-corrected chi connectivity index (χ2v) is 23.7. The molecule has 2 N–H and O–H groups in total. The number of ketones is 1. The Balaban J connectivity index is 1.00. The van der Waals surface area contributed by atoms with Crippen LogP contribution in [0.5, 0.6) is 11.5 Å². The van der Waals surface area contributed by atoms with Gasteiger partial charge in [0.15, 0.2) is 5.78 Å². The van der Waals surface area contributed by atoms with Gasteiger partial charge in [0.2, 0.25) is 0 Å². The van der Waals surface area contributed by atoms with Gasteiger partial charge in [0.05, 0.1) is 35.9 Å². The number of nitrogens with zero attached hydrogens (tertiary/aromatic N) is 6. The van der Waals surface area contributed by atoms with Crippen molar-refractivity contribution in [3.63, 3.8) is 0 Å². The van der Waals surface area contributed by atoms with Gasteiger partial charge in [0.25, 0.3) is 0 Å². The fourth-order valence-electron chi connectivity index (χ4n) is 15.6. The molecule has 0 amide bonds. The fourth-order valence-corrected chi connectivity index (χ4v) is 15.9. The number of piperidine rings is 1. The maximum absolute atomic E-state index is 17.5. The van der Waals surface area contributed by atoms with Gasteiger partial charge in [-0.05, 0) is 164 Å². The molecule has 6 fully saturated rings. The lowest BCUT2D eigenvalue weighted by Crippen LogP contribution is -2.73. The number of carbonyl (C=O) groups is 1. The number of aromatic nitrogens is 2. The average molecular weight is 1050 g/mol. The van der Waals surface area contributed by atoms with E-state index in [-0.39, 0.29) is 66.1 Å². The maximum atomic E-state index is 17.5. The number of halogens is 3. The number of likely N-dealkylation sites (N-methyl/N-ethyl adjacent to an activating group) is 2. The average Bonchev–Trinajstić information content (AvgIpc) is 4.25. The zero-order valence-corrected chi connectivity index (χ0v) is 45.8. The molecule has 5 saturated heterocycles. The number of hydrogen-bond acceptors (Lipinski definition) is 10. The molecule has 2 bridgehead atoms. The lowest BCUT2D eigenvalue weighted by Gasteiger charge is -2.57. The lowest BCUT2D eigenvalue weighted by molar-refractivity contribution is -0.154. The number of imidazole rings is 1. The predicted octanol–water partition coefficient (Wildman–Crippen LogP) is 9.67. The molecule has 12 atom stereocenters. The standard InChI is InChI=1S/C60H75Cl2FN8O3/c1-8-59-53-29-43(27-39-13-21-46(63)22-14-39)56(59)67(4)37(2)32-64-52-31-47(28-40-11-18-44(61)19-12-40)68(5)57-49(36-73-7)66-55(60(52,57)58(59)72)38(3)71(53)34-42-15-20-45(62)30-51(42)74-48-23-16-41(17-24-48)50-33-65-54(69(50)6)35-70-25-9-10-26-70/h11-24,30,33,37-38,43,47,49,52-53,55-57,64,66H,8-10,25-29,31-32,34-36H2,1-7H3/t37-,38-,43+,47-,49+,52?,53?,55?,56?,57?,59?,60?/m0/s1. The lowest BCUT2D eigenvalue weighted by atomic mass is 9.54. The van der Waals surface area contributed by atoms with Crippen molar-refractivity contribution in [1.29, 1.82) is 0 Å². The number of carbonyl (C=O) groups excluding carboxylic acids is 1. The van der Waals surface area contributed by atoms with Gasteiger partial charge in [-0.1, -0.05) is 60.5 Å². The van der Waals surface area contributed by atoms with Crippen LogP contribution in [0.1, 0.15) is 75.4 Å². The van der Waals surface area contributed by atoms with Crippen molar-refractivity contribution < 1.29 is 18.7 Å². The Hall–Kier alpha value is -4.21. The molecule has 4 aromatic carbocycles. The SMILES string of the molecule is CCC12C(=O)C34C5C[C@H](Cc6ccc(Cl)cc6)N(C)C3[C@@H](COC)NC4[C@H](C)N(Cc3ccc(Cl)cc3Oc3ccc(-c4cnc(CN6CCCC6)n4C)cc3)C1C[C@@H](Cc1ccc(F)cc1)C2N(C)[C@@H](C)CN5. The minimum atomic E-state index is -0.825. The van der Waals surface area contributed by atoms with Gasteiger partial charge in [-0.3, -0.25) is 24.4 Å². The quantitative estimate of drug-likeness (QED) is 0.112. The first-order chi connectivity index (χ1) is 35.7. The minimum Gasteiger partial charge on any atom is -0.457 e. The third-order valence-corrected chi connectivity index (χ3v) is 19.6. The molecular weight excluding hydrogens is 971 g/mol. The van der Waals surface area contributed by atoms with Crippen LogP contribution in [0.3, 0.4) is 0 Å². The van der Waals surface area contributed by atoms with Gasteiger partial charge in [-0.25, -0.2) is 9.37 Å². The summed E-state index contributed by atoms with van der Waals surface area (Å²) in [5.41, 5.74) is 3.86. The van der Waals surface area contributed by atoms with Gasteiger partial charge < -0.3 is 24.7 Å². The van der Waals surface area contributed by atoms with Gasteiger partial charge in [-0.2, -0.15) is 0 Å². The Morgan fingerprint density at radius 1 is 0.838 bits per heavy atom. The molecule has 11 rings (SSSR count). The monoisotopic (exact) mass is 1040 g/mol. The number of ether oxygens (including phenoxy) is 2. The number of Topliss-reactive ketones (excluding diaryl/α,β-unsaturated/α-hetero) is 1. The zero-order chi connectivity index (χ0) is 51.6. The summed E-state index contributed by atoms with van der Waals surface area (Å²) in [6, 6.07) is 29.0. The van der Waals surface area contributed by atoms with E-state index in [1.165, 1.54) is 18.4 Å². The smallest absolute Gasteiger partial charge is 0.153 e. The van der Waals surface area contributed by atoms with Crippen molar-refractivity contribution in [2.45, 2.75) is 133 Å². The van der Waals surface area contributed by atoms with E-state index in [9.17, 15) is 4.39 Å². The van der Waals surface area contributed by atoms with Crippen LogP contribution < -0.4 is 15.4 Å². The van der Waals surface area contributed by atoms with Crippen molar-refractivity contribution in [3.8, 4) is 22.8 Å². The maximum Gasteiger partial charge on any atom is 0.153 e. The largest absolute Gasteiger partial charge is 0.457 e. The molecule has 1 aromatic heterocycles. The first-order valence-corrected chi connectivity index (χ1v) is 28.0. The Morgan fingerprint density at radius 3 is 2.26 bits per heavy atom. The second kappa shape index (κ2) is 21.0. The molecule has 5 aliphatic heterocycles. The summed E-state index contributed by atoms with van der Waals surface area (Å²) in [7, 11) is 8.41. The Kier molecular flexibility index (Phi) is 14.7. The molecule has 74 heavy (non-hydrogen) atoms. The zero-order valence-electron chi connectivity index (χ0n) is 44.2. The van der Waals surface area contributed by atoms with E-state index < -0.39 is 10.8 Å².